The molecule has 0 saturated carbocycles. The molecule has 3 aromatic rings. The van der Waals surface area contributed by atoms with E-state index in [9.17, 15) is 4.79 Å². The summed E-state index contributed by atoms with van der Waals surface area (Å²) in [5.74, 6) is 0. The fourth-order valence-corrected chi connectivity index (χ4v) is 1.99. The maximum absolute atomic E-state index is 11.6. The molecule has 0 saturated heterocycles. The largest absolute Gasteiger partial charge is 0.363 e. The van der Waals surface area contributed by atoms with Gasteiger partial charge in [-0.25, -0.2) is 0 Å². The van der Waals surface area contributed by atoms with Gasteiger partial charge in [-0.1, -0.05) is 27.2 Å². The Morgan fingerprint density at radius 2 is 2.20 bits per heavy atom. The summed E-state index contributed by atoms with van der Waals surface area (Å²) in [7, 11) is 0. The second kappa shape index (κ2) is 2.93. The molecule has 0 unspecified atom stereocenters. The third kappa shape index (κ3) is 1.20. The Labute approximate surface area is 92.0 Å². The minimum Gasteiger partial charge on any atom is -0.363 e. The van der Waals surface area contributed by atoms with Crippen LogP contribution >= 0.6 is 15.9 Å². The molecule has 15 heavy (non-hydrogen) atoms. The second-order valence-electron chi connectivity index (χ2n) is 3.22. The van der Waals surface area contributed by atoms with Gasteiger partial charge < -0.3 is 9.51 Å². The molecular weight excluding hydrogens is 260 g/mol. The highest BCUT2D eigenvalue weighted by Gasteiger charge is 2.08. The van der Waals surface area contributed by atoms with E-state index < -0.39 is 0 Å². The maximum Gasteiger partial charge on any atom is 0.278 e. The van der Waals surface area contributed by atoms with Crippen molar-refractivity contribution in [3.8, 4) is 0 Å². The number of aromatic amines is 1. The molecule has 1 N–H and O–H groups in total. The van der Waals surface area contributed by atoms with Crippen LogP contribution in [0.5, 0.6) is 0 Å². The van der Waals surface area contributed by atoms with Crippen molar-refractivity contribution in [2.24, 2.45) is 0 Å². The summed E-state index contributed by atoms with van der Waals surface area (Å²) in [6.45, 7) is 0. The first-order valence-electron chi connectivity index (χ1n) is 4.31. The smallest absolute Gasteiger partial charge is 0.278 e. The molecule has 1 aromatic carbocycles. The third-order valence-corrected chi connectivity index (χ3v) is 2.80. The van der Waals surface area contributed by atoms with Crippen molar-refractivity contribution in [1.29, 1.82) is 0 Å². The lowest BCUT2D eigenvalue weighted by atomic mass is 10.1. The average Bonchev–Trinajstić information content (AvgIpc) is 2.66. The van der Waals surface area contributed by atoms with E-state index in [1.165, 1.54) is 6.26 Å². The summed E-state index contributed by atoms with van der Waals surface area (Å²) in [4.78, 5) is 14.3. The number of aromatic nitrogens is 2. The van der Waals surface area contributed by atoms with Crippen molar-refractivity contribution in [2.45, 2.75) is 0 Å². The Morgan fingerprint density at radius 1 is 1.33 bits per heavy atom. The summed E-state index contributed by atoms with van der Waals surface area (Å²) in [6.07, 6.45) is 1.49. The second-order valence-corrected chi connectivity index (χ2v) is 4.14. The first-order valence-corrected chi connectivity index (χ1v) is 5.10. The van der Waals surface area contributed by atoms with Crippen LogP contribution in [0.2, 0.25) is 0 Å². The van der Waals surface area contributed by atoms with Crippen molar-refractivity contribution in [1.82, 2.24) is 10.1 Å². The molecule has 0 aliphatic heterocycles. The SMILES string of the molecule is O=c1[nH]c2cc(Br)ccc2c2conc12. The standard InChI is InChI=1S/C10H5BrN2O2/c11-5-1-2-6-7-4-15-13-9(7)10(14)12-8(6)3-5/h1-4H,(H,12,14). The van der Waals surface area contributed by atoms with Gasteiger partial charge in [0, 0.05) is 9.86 Å². The summed E-state index contributed by atoms with van der Waals surface area (Å²) in [5.41, 5.74) is 0.874. The quantitative estimate of drug-likeness (QED) is 0.679. The number of hydrogen-bond acceptors (Lipinski definition) is 3. The highest BCUT2D eigenvalue weighted by atomic mass is 79.9. The van der Waals surface area contributed by atoms with Gasteiger partial charge in [0.2, 0.25) is 0 Å². The molecule has 0 aliphatic rings. The van der Waals surface area contributed by atoms with Crippen molar-refractivity contribution < 1.29 is 4.52 Å². The fraction of sp³-hybridized carbons (Fsp3) is 0. The van der Waals surface area contributed by atoms with Crippen LogP contribution in [-0.2, 0) is 0 Å². The average molecular weight is 265 g/mol. The minimum atomic E-state index is -0.232. The number of fused-ring (bicyclic) bond motifs is 3. The van der Waals surface area contributed by atoms with Crippen LogP contribution in [0, 0.1) is 0 Å². The number of pyridine rings is 1. The van der Waals surface area contributed by atoms with E-state index >= 15 is 0 Å². The highest BCUT2D eigenvalue weighted by Crippen LogP contribution is 2.23. The molecule has 0 amide bonds. The van der Waals surface area contributed by atoms with Crippen LogP contribution < -0.4 is 5.56 Å². The minimum absolute atomic E-state index is 0.232. The van der Waals surface area contributed by atoms with Crippen LogP contribution in [0.15, 0.2) is 38.3 Å². The summed E-state index contributed by atoms with van der Waals surface area (Å²) < 4.78 is 5.72. The molecule has 0 bridgehead atoms. The number of nitrogens with one attached hydrogen (secondary N) is 1. The van der Waals surface area contributed by atoms with Gasteiger partial charge in [0.15, 0.2) is 5.52 Å². The first-order chi connectivity index (χ1) is 7.25. The van der Waals surface area contributed by atoms with Crippen LogP contribution in [0.25, 0.3) is 21.8 Å². The lowest BCUT2D eigenvalue weighted by molar-refractivity contribution is 0.428. The zero-order valence-corrected chi connectivity index (χ0v) is 9.04. The molecular formula is C10H5BrN2O2. The molecule has 0 fully saturated rings. The Kier molecular flexibility index (Phi) is 1.70. The predicted molar refractivity (Wildman–Crippen MR) is 59.8 cm³/mol. The van der Waals surface area contributed by atoms with Crippen LogP contribution in [-0.4, -0.2) is 10.1 Å². The summed E-state index contributed by atoms with van der Waals surface area (Å²) >= 11 is 3.35. The van der Waals surface area contributed by atoms with Gasteiger partial charge in [0.25, 0.3) is 5.56 Å². The van der Waals surface area contributed by atoms with E-state index in [0.717, 1.165) is 20.8 Å². The van der Waals surface area contributed by atoms with Gasteiger partial charge in [-0.3, -0.25) is 4.79 Å². The van der Waals surface area contributed by atoms with E-state index in [4.69, 9.17) is 4.52 Å². The van der Waals surface area contributed by atoms with Crippen molar-refractivity contribution in [2.75, 3.05) is 0 Å². The molecule has 74 valence electrons. The molecule has 0 atom stereocenters. The van der Waals surface area contributed by atoms with Gasteiger partial charge in [-0.05, 0) is 12.1 Å². The highest BCUT2D eigenvalue weighted by molar-refractivity contribution is 9.10. The van der Waals surface area contributed by atoms with Gasteiger partial charge in [-0.15, -0.1) is 0 Å². The number of halogens is 1. The lowest BCUT2D eigenvalue weighted by Crippen LogP contribution is -2.05. The van der Waals surface area contributed by atoms with Gasteiger partial charge in [0.1, 0.15) is 6.26 Å². The van der Waals surface area contributed by atoms with Crippen molar-refractivity contribution in [3.63, 3.8) is 0 Å². The number of benzene rings is 1. The molecule has 3 rings (SSSR count). The Balaban J connectivity index is 2.66. The van der Waals surface area contributed by atoms with Gasteiger partial charge in [0.05, 0.1) is 10.9 Å². The zero-order chi connectivity index (χ0) is 10.4. The first kappa shape index (κ1) is 8.67. The van der Waals surface area contributed by atoms with E-state index in [1.807, 2.05) is 18.2 Å². The Hall–Kier alpha value is -1.62. The summed E-state index contributed by atoms with van der Waals surface area (Å²) in [5, 5.41) is 5.32. The lowest BCUT2D eigenvalue weighted by Gasteiger charge is -1.98. The number of nitrogens with zero attached hydrogens (tertiary/aromatic N) is 1. The monoisotopic (exact) mass is 264 g/mol. The molecule has 0 radical (unpaired) electrons. The Bertz CT molecular complexity index is 714. The molecule has 0 spiro atoms. The zero-order valence-electron chi connectivity index (χ0n) is 7.45. The predicted octanol–water partition coefficient (Wildman–Crippen LogP) is 2.43. The molecule has 0 aliphatic carbocycles. The fourth-order valence-electron chi connectivity index (χ4n) is 1.63. The van der Waals surface area contributed by atoms with Gasteiger partial charge >= 0.3 is 0 Å². The maximum atomic E-state index is 11.6. The topological polar surface area (TPSA) is 58.9 Å². The van der Waals surface area contributed by atoms with Crippen LogP contribution in [0.1, 0.15) is 0 Å². The molecule has 5 heteroatoms. The normalized spacial score (nSPS) is 11.3. The molecule has 4 nitrogen and oxygen atoms in total. The van der Waals surface area contributed by atoms with E-state index in [0.29, 0.717) is 5.52 Å². The third-order valence-electron chi connectivity index (χ3n) is 2.30. The van der Waals surface area contributed by atoms with Crippen molar-refractivity contribution >= 4 is 37.7 Å². The van der Waals surface area contributed by atoms with Crippen LogP contribution in [0.4, 0.5) is 0 Å². The molecule has 2 aromatic heterocycles. The number of rotatable bonds is 0. The van der Waals surface area contributed by atoms with E-state index in [-0.39, 0.29) is 5.56 Å². The number of hydrogen-bond donors (Lipinski definition) is 1. The Morgan fingerprint density at radius 3 is 3.07 bits per heavy atom. The van der Waals surface area contributed by atoms with Gasteiger partial charge in [-0.2, -0.15) is 0 Å². The molecule has 2 heterocycles. The number of H-pyrrole nitrogens is 1. The summed E-state index contributed by atoms with van der Waals surface area (Å²) in [6, 6.07) is 5.67. The van der Waals surface area contributed by atoms with E-state index in [2.05, 4.69) is 26.1 Å². The van der Waals surface area contributed by atoms with E-state index in [1.54, 1.807) is 0 Å². The van der Waals surface area contributed by atoms with Crippen molar-refractivity contribution in [3.05, 3.63) is 39.3 Å². The van der Waals surface area contributed by atoms with Crippen LogP contribution in [0.3, 0.4) is 0 Å².